The van der Waals surface area contributed by atoms with Gasteiger partial charge >= 0.3 is 5.97 Å². The highest BCUT2D eigenvalue weighted by Crippen LogP contribution is 2.46. The van der Waals surface area contributed by atoms with Crippen LogP contribution < -0.4 is 14.4 Å². The largest absolute Gasteiger partial charge is 0.494 e. The zero-order valence-corrected chi connectivity index (χ0v) is 40.0. The van der Waals surface area contributed by atoms with Crippen molar-refractivity contribution in [3.63, 3.8) is 0 Å². The van der Waals surface area contributed by atoms with E-state index in [4.69, 9.17) is 47.5 Å². The summed E-state index contributed by atoms with van der Waals surface area (Å²) in [6.07, 6.45) is 1.17. The third-order valence-electron chi connectivity index (χ3n) is 12.7. The van der Waals surface area contributed by atoms with Gasteiger partial charge < -0.3 is 28.2 Å². The molecule has 0 aliphatic carbocycles. The van der Waals surface area contributed by atoms with Crippen LogP contribution in [-0.4, -0.2) is 56.0 Å². The fourth-order valence-corrected chi connectivity index (χ4v) is 9.97. The molecular formula is C53H52Cl2N6O5. The second-order valence-corrected chi connectivity index (χ2v) is 18.1. The summed E-state index contributed by atoms with van der Waals surface area (Å²) in [5, 5.41) is 7.75. The first-order valence-electron chi connectivity index (χ1n) is 22.2. The Morgan fingerprint density at radius 2 is 1.59 bits per heavy atom. The van der Waals surface area contributed by atoms with Crippen LogP contribution in [0.4, 0.5) is 5.69 Å². The highest BCUT2D eigenvalue weighted by atomic mass is 35.5. The van der Waals surface area contributed by atoms with Gasteiger partial charge in [0.2, 0.25) is 0 Å². The lowest BCUT2D eigenvalue weighted by Gasteiger charge is -2.35. The minimum Gasteiger partial charge on any atom is -0.494 e. The Bertz CT molecular complexity index is 3180. The summed E-state index contributed by atoms with van der Waals surface area (Å²) in [6.45, 7) is 13.3. The third-order valence-corrected chi connectivity index (χ3v) is 13.6. The van der Waals surface area contributed by atoms with Crippen LogP contribution in [0.2, 0.25) is 10.0 Å². The molecule has 0 bridgehead atoms. The number of fused-ring (bicyclic) bond motifs is 4. The van der Waals surface area contributed by atoms with Crippen molar-refractivity contribution < 1.29 is 23.8 Å². The number of benzene rings is 4. The number of carbonyl (C=O) groups excluding carboxylic acids is 2. The number of carbonyl (C=O) groups is 2. The van der Waals surface area contributed by atoms with Crippen LogP contribution in [0, 0.1) is 34.6 Å². The van der Waals surface area contributed by atoms with E-state index >= 15 is 4.79 Å². The molecule has 338 valence electrons. The molecule has 1 atom stereocenters. The van der Waals surface area contributed by atoms with E-state index < -0.39 is 5.97 Å². The monoisotopic (exact) mass is 922 g/mol. The van der Waals surface area contributed by atoms with Gasteiger partial charge in [0, 0.05) is 64.0 Å². The van der Waals surface area contributed by atoms with Gasteiger partial charge in [0.1, 0.15) is 29.5 Å². The summed E-state index contributed by atoms with van der Waals surface area (Å²) < 4.78 is 24.2. The molecule has 0 saturated heterocycles. The molecule has 0 unspecified atom stereocenters. The number of esters is 1. The number of hydrogen-bond donors (Lipinski definition) is 0. The highest BCUT2D eigenvalue weighted by molar-refractivity contribution is 6.35. The summed E-state index contributed by atoms with van der Waals surface area (Å²) in [4.78, 5) is 36.2. The molecule has 8 aromatic rings. The summed E-state index contributed by atoms with van der Waals surface area (Å²) >= 11 is 13.7. The maximum absolute atomic E-state index is 15.9. The minimum atomic E-state index is -0.506. The second kappa shape index (κ2) is 18.0. The van der Waals surface area contributed by atoms with Crippen molar-refractivity contribution >= 4 is 62.6 Å². The Morgan fingerprint density at radius 1 is 0.848 bits per heavy atom. The molecular weight excluding hydrogens is 872 g/mol. The predicted molar refractivity (Wildman–Crippen MR) is 262 cm³/mol. The first-order chi connectivity index (χ1) is 31.7. The zero-order valence-electron chi connectivity index (χ0n) is 38.5. The number of aromatic nitrogens is 5. The SMILES string of the molecule is COC(=O)c1cc2cc(OCc3ccccc3)cc(N3C[C@@H](C)n4c(c(CCCOc5cc(C)c(Cl)c(C)c5)c5ccc(Cl)c(-c6c(C)nn(C)c6C)c54)C3=O)c2n1Cc1cccc(C)n1. The van der Waals surface area contributed by atoms with Gasteiger partial charge in [-0.1, -0.05) is 65.7 Å². The summed E-state index contributed by atoms with van der Waals surface area (Å²) in [5.41, 5.74) is 12.1. The van der Waals surface area contributed by atoms with E-state index in [9.17, 15) is 4.79 Å². The molecule has 66 heavy (non-hydrogen) atoms. The third kappa shape index (κ3) is 8.08. The lowest BCUT2D eigenvalue weighted by molar-refractivity contribution is 0.0589. The quantitative estimate of drug-likeness (QED) is 0.0837. The van der Waals surface area contributed by atoms with Crippen molar-refractivity contribution in [3.05, 3.63) is 157 Å². The number of methoxy groups -OCH3 is 1. The number of nitrogens with zero attached hydrogens (tertiary/aromatic N) is 6. The van der Waals surface area contributed by atoms with Gasteiger partial charge in [-0.15, -0.1) is 0 Å². The smallest absolute Gasteiger partial charge is 0.354 e. The van der Waals surface area contributed by atoms with E-state index in [1.807, 2.05) is 147 Å². The van der Waals surface area contributed by atoms with Gasteiger partial charge in [-0.25, -0.2) is 4.79 Å². The van der Waals surface area contributed by atoms with Gasteiger partial charge in [0.05, 0.1) is 53.4 Å². The van der Waals surface area contributed by atoms with Crippen LogP contribution in [0.25, 0.3) is 32.9 Å². The van der Waals surface area contributed by atoms with Crippen LogP contribution >= 0.6 is 23.2 Å². The van der Waals surface area contributed by atoms with Crippen molar-refractivity contribution in [2.45, 2.75) is 73.6 Å². The topological polar surface area (TPSA) is 106 Å². The molecule has 11 nitrogen and oxygen atoms in total. The maximum atomic E-state index is 15.9. The molecule has 0 spiro atoms. The van der Waals surface area contributed by atoms with Crippen LogP contribution in [-0.2, 0) is 31.4 Å². The van der Waals surface area contributed by atoms with Crippen molar-refractivity contribution in [3.8, 4) is 22.6 Å². The molecule has 1 aliphatic rings. The Labute approximate surface area is 394 Å². The first kappa shape index (κ1) is 44.6. The highest BCUT2D eigenvalue weighted by Gasteiger charge is 2.38. The average Bonchev–Trinajstić information content (AvgIpc) is 3.92. The van der Waals surface area contributed by atoms with Crippen LogP contribution in [0.3, 0.4) is 0 Å². The number of hydrogen-bond acceptors (Lipinski definition) is 7. The van der Waals surface area contributed by atoms with Crippen molar-refractivity contribution in [1.82, 2.24) is 23.9 Å². The van der Waals surface area contributed by atoms with Crippen molar-refractivity contribution in [2.75, 3.05) is 25.2 Å². The fraction of sp³-hybridized carbons (Fsp3) is 0.283. The van der Waals surface area contributed by atoms with Gasteiger partial charge in [0.15, 0.2) is 0 Å². The molecule has 0 radical (unpaired) electrons. The number of pyridine rings is 1. The maximum Gasteiger partial charge on any atom is 0.354 e. The second-order valence-electron chi connectivity index (χ2n) is 17.3. The molecule has 4 aromatic heterocycles. The number of aryl methyl sites for hydroxylation is 6. The minimum absolute atomic E-state index is 0.187. The lowest BCUT2D eigenvalue weighted by Crippen LogP contribution is -2.43. The van der Waals surface area contributed by atoms with Crippen molar-refractivity contribution in [2.24, 2.45) is 7.05 Å². The lowest BCUT2D eigenvalue weighted by atomic mass is 9.98. The normalized spacial score (nSPS) is 13.8. The molecule has 5 heterocycles. The van der Waals surface area contributed by atoms with Crippen LogP contribution in [0.1, 0.15) is 85.4 Å². The molecule has 0 N–H and O–H groups in total. The molecule has 0 fully saturated rings. The number of rotatable bonds is 13. The van der Waals surface area contributed by atoms with Gasteiger partial charge in [-0.2, -0.15) is 5.10 Å². The molecule has 13 heteroatoms. The van der Waals surface area contributed by atoms with E-state index in [2.05, 4.69) is 11.5 Å². The first-order valence-corrected chi connectivity index (χ1v) is 22.9. The molecule has 4 aromatic carbocycles. The summed E-state index contributed by atoms with van der Waals surface area (Å²) in [6, 6.07) is 29.1. The van der Waals surface area contributed by atoms with Crippen LogP contribution in [0.5, 0.6) is 11.5 Å². The summed E-state index contributed by atoms with van der Waals surface area (Å²) in [7, 11) is 3.31. The molecule has 0 saturated carbocycles. The van der Waals surface area contributed by atoms with E-state index in [1.54, 1.807) is 0 Å². The Kier molecular flexibility index (Phi) is 12.2. The summed E-state index contributed by atoms with van der Waals surface area (Å²) in [5.74, 6) is 0.610. The Hall–Kier alpha value is -6.56. The average molecular weight is 924 g/mol. The standard InChI is InChI=1S/C53H52Cl2N6O5/c1-30-22-39(23-31(2)48(30)55)65-21-13-18-41-42-19-20-43(54)47(46-34(5)57-58(7)35(46)6)50(42)61-33(4)27-60(52(62)51(41)61)44-26-40(66-29-36-15-10-9-11-16-36)24-37-25-45(53(63)64-8)59(49(37)44)28-38-17-12-14-32(3)56-38/h9-12,14-17,19-20,22-26,33H,13,18,21,27-29H2,1-8H3/t33-/m1/s1. The molecule has 9 rings (SSSR count). The van der Waals surface area contributed by atoms with Gasteiger partial charge in [0.25, 0.3) is 5.91 Å². The number of anilines is 1. The number of amides is 1. The zero-order chi connectivity index (χ0) is 46.6. The van der Waals surface area contributed by atoms with Gasteiger partial charge in [-0.3, -0.25) is 14.5 Å². The Balaban J connectivity index is 1.22. The fourth-order valence-electron chi connectivity index (χ4n) is 9.62. The van der Waals surface area contributed by atoms with E-state index in [0.717, 1.165) is 83.2 Å². The number of ether oxygens (including phenoxy) is 3. The van der Waals surface area contributed by atoms with E-state index in [0.29, 0.717) is 66.0 Å². The predicted octanol–water partition coefficient (Wildman–Crippen LogP) is 11.9. The van der Waals surface area contributed by atoms with Crippen LogP contribution in [0.15, 0.2) is 91.0 Å². The van der Waals surface area contributed by atoms with Crippen molar-refractivity contribution in [1.29, 1.82) is 0 Å². The molecule has 1 aliphatic heterocycles. The van der Waals surface area contributed by atoms with E-state index in [1.165, 1.54) is 7.11 Å². The Morgan fingerprint density at radius 3 is 2.29 bits per heavy atom. The van der Waals surface area contributed by atoms with E-state index in [-0.39, 0.29) is 18.5 Å². The molecule has 1 amide bonds. The van der Waals surface area contributed by atoms with Gasteiger partial charge in [-0.05, 0) is 119 Å². The number of halogens is 2.